The molecule has 0 unspecified atom stereocenters. The molecule has 1 aromatic heterocycles. The zero-order valence-corrected chi connectivity index (χ0v) is 14.8. The number of nitrogens with two attached hydrogens (primary N) is 1. The van der Waals surface area contributed by atoms with Crippen LogP contribution in [-0.2, 0) is 0 Å². The molecule has 0 atom stereocenters. The van der Waals surface area contributed by atoms with Crippen LogP contribution in [0.25, 0.3) is 10.4 Å². The number of benzene rings is 2. The van der Waals surface area contributed by atoms with Crippen LogP contribution in [0.2, 0.25) is 0 Å². The highest BCUT2D eigenvalue weighted by molar-refractivity contribution is 7.13. The van der Waals surface area contributed by atoms with Gasteiger partial charge in [0.15, 0.2) is 11.5 Å². The molecule has 1 aliphatic heterocycles. The van der Waals surface area contributed by atoms with Crippen LogP contribution in [0.5, 0.6) is 17.2 Å². The Kier molecular flexibility index (Phi) is 4.14. The Morgan fingerprint density at radius 2 is 2.12 bits per heavy atom. The molecular formula is C19H16N2O4S. The van der Waals surface area contributed by atoms with Crippen molar-refractivity contribution in [2.45, 2.75) is 0 Å². The number of nitrogen functional groups attached to an aromatic ring is 1. The molecule has 26 heavy (non-hydrogen) atoms. The third kappa shape index (κ3) is 2.93. The maximum atomic E-state index is 12.7. The summed E-state index contributed by atoms with van der Waals surface area (Å²) < 4.78 is 16.0. The molecule has 1 aliphatic rings. The fourth-order valence-electron chi connectivity index (χ4n) is 2.72. The van der Waals surface area contributed by atoms with Gasteiger partial charge in [-0.25, -0.2) is 0 Å². The maximum absolute atomic E-state index is 12.7. The van der Waals surface area contributed by atoms with Crippen molar-refractivity contribution >= 4 is 28.6 Å². The minimum absolute atomic E-state index is 0.104. The van der Waals surface area contributed by atoms with Crippen molar-refractivity contribution in [1.82, 2.24) is 0 Å². The number of rotatable bonds is 4. The molecule has 0 aliphatic carbocycles. The number of amides is 1. The van der Waals surface area contributed by atoms with E-state index in [1.54, 1.807) is 29.5 Å². The van der Waals surface area contributed by atoms with Crippen molar-refractivity contribution in [2.24, 2.45) is 0 Å². The second-order valence-corrected chi connectivity index (χ2v) is 6.59. The van der Waals surface area contributed by atoms with Gasteiger partial charge in [-0.05, 0) is 41.3 Å². The van der Waals surface area contributed by atoms with Gasteiger partial charge in [0.1, 0.15) is 0 Å². The Morgan fingerprint density at radius 1 is 1.23 bits per heavy atom. The van der Waals surface area contributed by atoms with E-state index in [0.717, 1.165) is 10.4 Å². The molecule has 0 spiro atoms. The van der Waals surface area contributed by atoms with Crippen LogP contribution in [0, 0.1) is 0 Å². The SMILES string of the molecule is COc1cc(C(=O)Nc2cc(-c3cccs3)ccc2N)cc2c1OCO2. The Bertz CT molecular complexity index is 970. The first-order valence-electron chi connectivity index (χ1n) is 7.88. The molecule has 3 aromatic rings. The number of methoxy groups -OCH3 is 1. The van der Waals surface area contributed by atoms with Crippen molar-refractivity contribution in [3.05, 3.63) is 53.4 Å². The zero-order valence-electron chi connectivity index (χ0n) is 13.9. The van der Waals surface area contributed by atoms with Crippen molar-refractivity contribution in [2.75, 3.05) is 25.0 Å². The minimum Gasteiger partial charge on any atom is -0.493 e. The predicted molar refractivity (Wildman–Crippen MR) is 101 cm³/mol. The highest BCUT2D eigenvalue weighted by Gasteiger charge is 2.22. The van der Waals surface area contributed by atoms with E-state index in [-0.39, 0.29) is 12.7 Å². The molecule has 2 aromatic carbocycles. The number of nitrogens with one attached hydrogen (secondary N) is 1. The monoisotopic (exact) mass is 368 g/mol. The van der Waals surface area contributed by atoms with Crippen molar-refractivity contribution in [3.8, 4) is 27.7 Å². The second-order valence-electron chi connectivity index (χ2n) is 5.65. The average Bonchev–Trinajstić information content (AvgIpc) is 3.34. The van der Waals surface area contributed by atoms with Gasteiger partial charge >= 0.3 is 0 Å². The van der Waals surface area contributed by atoms with Crippen molar-refractivity contribution in [1.29, 1.82) is 0 Å². The number of ether oxygens (including phenoxy) is 3. The molecule has 0 saturated heterocycles. The summed E-state index contributed by atoms with van der Waals surface area (Å²) in [6.45, 7) is 0.104. The van der Waals surface area contributed by atoms with Gasteiger partial charge < -0.3 is 25.3 Å². The number of anilines is 2. The fraction of sp³-hybridized carbons (Fsp3) is 0.105. The fourth-order valence-corrected chi connectivity index (χ4v) is 3.44. The van der Waals surface area contributed by atoms with E-state index < -0.39 is 0 Å². The van der Waals surface area contributed by atoms with Crippen molar-refractivity contribution in [3.63, 3.8) is 0 Å². The molecule has 7 heteroatoms. The summed E-state index contributed by atoms with van der Waals surface area (Å²) in [4.78, 5) is 13.8. The Hall–Kier alpha value is -3.19. The lowest BCUT2D eigenvalue weighted by atomic mass is 10.1. The zero-order chi connectivity index (χ0) is 18.1. The summed E-state index contributed by atoms with van der Waals surface area (Å²) in [7, 11) is 1.52. The van der Waals surface area contributed by atoms with Gasteiger partial charge in [0.25, 0.3) is 5.91 Å². The quantitative estimate of drug-likeness (QED) is 0.681. The second kappa shape index (κ2) is 6.61. The Balaban J connectivity index is 1.64. The Morgan fingerprint density at radius 3 is 2.88 bits per heavy atom. The number of carbonyl (C=O) groups is 1. The standard InChI is InChI=1S/C19H16N2O4S/c1-23-15-8-12(9-16-18(15)25-10-24-16)19(22)21-14-7-11(4-5-13(14)20)17-3-2-6-26-17/h2-9H,10,20H2,1H3,(H,21,22). The van der Waals surface area contributed by atoms with Crippen LogP contribution in [0.4, 0.5) is 11.4 Å². The predicted octanol–water partition coefficient (Wildman–Crippen LogP) is 3.99. The molecule has 0 bridgehead atoms. The molecule has 132 valence electrons. The van der Waals surface area contributed by atoms with E-state index >= 15 is 0 Å². The first-order chi connectivity index (χ1) is 12.7. The van der Waals surface area contributed by atoms with Crippen LogP contribution < -0.4 is 25.3 Å². The summed E-state index contributed by atoms with van der Waals surface area (Å²) in [6.07, 6.45) is 0. The summed E-state index contributed by atoms with van der Waals surface area (Å²) in [5.41, 5.74) is 8.47. The third-order valence-corrected chi connectivity index (χ3v) is 4.95. The van der Waals surface area contributed by atoms with Gasteiger partial charge in [-0.3, -0.25) is 4.79 Å². The first kappa shape index (κ1) is 16.3. The summed E-state index contributed by atoms with van der Waals surface area (Å²) >= 11 is 1.62. The summed E-state index contributed by atoms with van der Waals surface area (Å²) in [5, 5.41) is 4.86. The number of fused-ring (bicyclic) bond motifs is 1. The Labute approximate surface area is 154 Å². The van der Waals surface area contributed by atoms with Crippen LogP contribution in [0.3, 0.4) is 0 Å². The van der Waals surface area contributed by atoms with E-state index in [1.807, 2.05) is 29.6 Å². The molecular weight excluding hydrogens is 352 g/mol. The van der Waals surface area contributed by atoms with Crippen LogP contribution in [0.15, 0.2) is 47.8 Å². The largest absolute Gasteiger partial charge is 0.493 e. The van der Waals surface area contributed by atoms with E-state index in [4.69, 9.17) is 19.9 Å². The van der Waals surface area contributed by atoms with Gasteiger partial charge in [-0.15, -0.1) is 11.3 Å². The summed E-state index contributed by atoms with van der Waals surface area (Å²) in [6, 6.07) is 12.8. The van der Waals surface area contributed by atoms with Crippen LogP contribution >= 0.6 is 11.3 Å². The van der Waals surface area contributed by atoms with E-state index in [1.165, 1.54) is 7.11 Å². The first-order valence-corrected chi connectivity index (χ1v) is 8.76. The van der Waals surface area contributed by atoms with E-state index in [9.17, 15) is 4.79 Å². The minimum atomic E-state index is -0.309. The molecule has 3 N–H and O–H groups in total. The van der Waals surface area contributed by atoms with Gasteiger partial charge in [0.05, 0.1) is 18.5 Å². The van der Waals surface area contributed by atoms with Crippen molar-refractivity contribution < 1.29 is 19.0 Å². The van der Waals surface area contributed by atoms with Gasteiger partial charge in [-0.2, -0.15) is 0 Å². The molecule has 6 nitrogen and oxygen atoms in total. The molecule has 0 fully saturated rings. The molecule has 0 radical (unpaired) electrons. The van der Waals surface area contributed by atoms with Gasteiger partial charge in [0, 0.05) is 10.4 Å². The van der Waals surface area contributed by atoms with Crippen LogP contribution in [-0.4, -0.2) is 19.8 Å². The number of thiophene rings is 1. The average molecular weight is 368 g/mol. The highest BCUT2D eigenvalue weighted by atomic mass is 32.1. The normalized spacial score (nSPS) is 12.0. The van der Waals surface area contributed by atoms with Gasteiger partial charge in [0.2, 0.25) is 12.5 Å². The molecule has 0 saturated carbocycles. The van der Waals surface area contributed by atoms with E-state index in [2.05, 4.69) is 5.32 Å². The lowest BCUT2D eigenvalue weighted by Crippen LogP contribution is -2.13. The highest BCUT2D eigenvalue weighted by Crippen LogP contribution is 2.42. The van der Waals surface area contributed by atoms with E-state index in [0.29, 0.717) is 34.2 Å². The number of hydrogen-bond acceptors (Lipinski definition) is 6. The summed E-state index contributed by atoms with van der Waals surface area (Å²) in [5.74, 6) is 1.13. The lowest BCUT2D eigenvalue weighted by molar-refractivity contribution is 0.102. The molecule has 4 rings (SSSR count). The lowest BCUT2D eigenvalue weighted by Gasteiger charge is -2.11. The topological polar surface area (TPSA) is 82.8 Å². The van der Waals surface area contributed by atoms with Crippen LogP contribution in [0.1, 0.15) is 10.4 Å². The third-order valence-electron chi connectivity index (χ3n) is 4.03. The maximum Gasteiger partial charge on any atom is 0.255 e. The van der Waals surface area contributed by atoms with Gasteiger partial charge in [-0.1, -0.05) is 12.1 Å². The molecule has 2 heterocycles. The smallest absolute Gasteiger partial charge is 0.255 e. The number of hydrogen-bond donors (Lipinski definition) is 2. The molecule has 1 amide bonds. The number of carbonyl (C=O) groups excluding carboxylic acids is 1.